The number of hydrazine groups is 2. The van der Waals surface area contributed by atoms with Crippen LogP contribution in [0.1, 0.15) is 98.1 Å². The minimum atomic E-state index is -0.356. The molecule has 3 aliphatic rings. The summed E-state index contributed by atoms with van der Waals surface area (Å²) in [6.07, 6.45) is 4.60. The molecule has 0 unspecified atom stereocenters. The van der Waals surface area contributed by atoms with E-state index >= 15 is 0 Å². The molecule has 11 rings (SSSR count). The number of anilines is 2. The van der Waals surface area contributed by atoms with E-state index in [1.165, 1.54) is 23.3 Å². The van der Waals surface area contributed by atoms with E-state index in [1.54, 1.807) is 4.90 Å². The summed E-state index contributed by atoms with van der Waals surface area (Å²) < 4.78 is 12.9. The molecule has 0 saturated carbocycles. The van der Waals surface area contributed by atoms with Gasteiger partial charge in [0.05, 0.1) is 71.6 Å². The number of hydrogen-bond donors (Lipinski definition) is 7. The molecule has 96 heavy (non-hydrogen) atoms. The molecule has 23 heteroatoms. The van der Waals surface area contributed by atoms with Crippen molar-refractivity contribution in [2.24, 2.45) is 0 Å². The van der Waals surface area contributed by atoms with Crippen LogP contribution in [0.25, 0.3) is 67.3 Å². The van der Waals surface area contributed by atoms with E-state index in [9.17, 15) is 19.2 Å². The van der Waals surface area contributed by atoms with Crippen LogP contribution in [0.4, 0.5) is 11.4 Å². The number of ether oxygens (including phenoxy) is 2. The van der Waals surface area contributed by atoms with Gasteiger partial charge in [-0.15, -0.1) is 5.53 Å². The molecule has 6 heterocycles. The number of piperazine rings is 2. The Kier molecular flexibility index (Phi) is 21.5. The predicted octanol–water partition coefficient (Wildman–Crippen LogP) is 8.92. The van der Waals surface area contributed by atoms with Crippen LogP contribution < -0.4 is 40.9 Å². The van der Waals surface area contributed by atoms with Crippen molar-refractivity contribution in [1.82, 2.24) is 76.1 Å². The lowest BCUT2D eigenvalue weighted by molar-refractivity contribution is -0.142. The summed E-state index contributed by atoms with van der Waals surface area (Å²) in [5.74, 6) is 2.92. The quantitative estimate of drug-likeness (QED) is 0.0238. The van der Waals surface area contributed by atoms with Crippen molar-refractivity contribution in [3.63, 3.8) is 0 Å². The number of carbonyl (C=O) groups excluding carboxylic acids is 4. The Hall–Kier alpha value is -9.19. The standard InChI is InChI=1S/C73H97N17O6/c1-11-27-88(66(93)19-14-37-95-55-17-12-16-49(39-55)69-76-58-23-20-50(42-61(58)79-69)70-77-59-24-21-53(43-62(59)80-70)86-33-29-84(9)30-34-86)48-67(94)89(47-65(92)74-8)45-52-46-90(83-82-52)28-15-26-75-64(91)18-13-38-96-68-56(72(2,3)4)40-51(41-57(68)73(5,6)7)71-78-60-25-22-54(44-63(60)81-71)87-35-31-85(10)32-36-87/h12,16-17,20-25,39-44,46,82-83H,11,13-15,18-19,26-38,45,47-48H2,1-10H3,(H,74,92)(H,75,91)(H,76,79)(H,77,80)(H,78,81). The van der Waals surface area contributed by atoms with E-state index < -0.39 is 0 Å². The van der Waals surface area contributed by atoms with Crippen molar-refractivity contribution in [3.8, 4) is 45.7 Å². The second-order valence-corrected chi connectivity index (χ2v) is 27.8. The monoisotopic (exact) mass is 1310 g/mol. The highest BCUT2D eigenvalue weighted by Crippen LogP contribution is 2.43. The lowest BCUT2D eigenvalue weighted by Gasteiger charge is -2.34. The third-order valence-corrected chi connectivity index (χ3v) is 18.2. The summed E-state index contributed by atoms with van der Waals surface area (Å²) in [6.45, 7) is 25.2. The summed E-state index contributed by atoms with van der Waals surface area (Å²) in [5, 5.41) is 7.53. The summed E-state index contributed by atoms with van der Waals surface area (Å²) >= 11 is 0. The highest BCUT2D eigenvalue weighted by atomic mass is 16.5. The van der Waals surface area contributed by atoms with Crippen LogP contribution in [-0.2, 0) is 30.0 Å². The van der Waals surface area contributed by atoms with Gasteiger partial charge >= 0.3 is 0 Å². The van der Waals surface area contributed by atoms with Gasteiger partial charge in [-0.1, -0.05) is 60.6 Å². The molecule has 0 atom stereocenters. The van der Waals surface area contributed by atoms with Gasteiger partial charge in [0.25, 0.3) is 0 Å². The summed E-state index contributed by atoms with van der Waals surface area (Å²) in [6, 6.07) is 31.2. The van der Waals surface area contributed by atoms with E-state index in [0.717, 1.165) is 131 Å². The molecular formula is C73H97N17O6. The molecule has 2 fully saturated rings. The van der Waals surface area contributed by atoms with Gasteiger partial charge in [-0.2, -0.15) is 0 Å². The molecular weight excluding hydrogens is 1210 g/mol. The molecule has 0 radical (unpaired) electrons. The van der Waals surface area contributed by atoms with E-state index in [4.69, 9.17) is 24.4 Å². The van der Waals surface area contributed by atoms with Crippen LogP contribution in [0.5, 0.6) is 11.5 Å². The van der Waals surface area contributed by atoms with Crippen LogP contribution in [0.2, 0.25) is 0 Å². The molecule has 3 aromatic heterocycles. The van der Waals surface area contributed by atoms with Gasteiger partial charge in [0.15, 0.2) is 0 Å². The summed E-state index contributed by atoms with van der Waals surface area (Å²) in [4.78, 5) is 91.8. The number of fused-ring (bicyclic) bond motifs is 3. The second kappa shape index (κ2) is 30.3. The average Bonchev–Trinajstić information content (AvgIpc) is 1.43. The molecule has 0 aliphatic carbocycles. The van der Waals surface area contributed by atoms with E-state index in [0.29, 0.717) is 75.6 Å². The van der Waals surface area contributed by atoms with Crippen molar-refractivity contribution in [1.29, 1.82) is 0 Å². The zero-order valence-electron chi connectivity index (χ0n) is 57.7. The number of amides is 4. The molecule has 0 spiro atoms. The van der Waals surface area contributed by atoms with Crippen LogP contribution in [0.3, 0.4) is 0 Å². The van der Waals surface area contributed by atoms with Crippen LogP contribution in [0, 0.1) is 0 Å². The maximum Gasteiger partial charge on any atom is 0.243 e. The number of nitrogens with zero attached hydrogens (tertiary/aromatic N) is 10. The van der Waals surface area contributed by atoms with Crippen molar-refractivity contribution in [3.05, 3.63) is 114 Å². The van der Waals surface area contributed by atoms with E-state index in [-0.39, 0.29) is 67.1 Å². The first-order valence-electron chi connectivity index (χ1n) is 34.1. The average molecular weight is 1310 g/mol. The van der Waals surface area contributed by atoms with Gasteiger partial charge in [-0.3, -0.25) is 24.2 Å². The number of rotatable bonds is 27. The highest BCUT2D eigenvalue weighted by Gasteiger charge is 2.30. The molecule has 5 aromatic carbocycles. The molecule has 4 amide bonds. The zero-order chi connectivity index (χ0) is 67.7. The number of H-pyrrole nitrogens is 3. The summed E-state index contributed by atoms with van der Waals surface area (Å²) in [7, 11) is 5.86. The Labute approximate surface area is 563 Å². The Morgan fingerprint density at radius 1 is 0.583 bits per heavy atom. The first kappa shape index (κ1) is 68.2. The molecule has 510 valence electrons. The Morgan fingerprint density at radius 2 is 1.14 bits per heavy atom. The number of aromatic nitrogens is 6. The number of aromatic amines is 3. The molecule has 7 N–H and O–H groups in total. The third kappa shape index (κ3) is 17.1. The van der Waals surface area contributed by atoms with Crippen molar-refractivity contribution >= 4 is 68.1 Å². The summed E-state index contributed by atoms with van der Waals surface area (Å²) in [5.41, 5.74) is 19.4. The maximum absolute atomic E-state index is 14.0. The molecule has 8 aromatic rings. The van der Waals surface area contributed by atoms with Crippen molar-refractivity contribution in [2.75, 3.05) is 136 Å². The van der Waals surface area contributed by atoms with Gasteiger partial charge < -0.3 is 69.9 Å². The Balaban J connectivity index is 0.616. The van der Waals surface area contributed by atoms with Crippen LogP contribution >= 0.6 is 0 Å². The minimum absolute atomic E-state index is 0.0508. The fraction of sp³-hybridized carbons (Fsp3) is 0.466. The lowest BCUT2D eigenvalue weighted by Crippen LogP contribution is -2.48. The lowest BCUT2D eigenvalue weighted by atomic mass is 9.78. The van der Waals surface area contributed by atoms with Gasteiger partial charge in [0.2, 0.25) is 23.6 Å². The molecule has 2 saturated heterocycles. The number of likely N-dealkylation sites (N-methyl/N-ethyl adjacent to an activating group) is 3. The van der Waals surface area contributed by atoms with Crippen LogP contribution in [0.15, 0.2) is 103 Å². The van der Waals surface area contributed by atoms with Gasteiger partial charge in [-0.25, -0.2) is 15.0 Å². The van der Waals surface area contributed by atoms with Crippen molar-refractivity contribution < 1.29 is 28.7 Å². The first-order chi connectivity index (χ1) is 46.1. The maximum atomic E-state index is 14.0. The van der Waals surface area contributed by atoms with Crippen molar-refractivity contribution in [2.45, 2.75) is 97.8 Å². The van der Waals surface area contributed by atoms with Crippen LogP contribution in [-0.4, -0.2) is 204 Å². The smallest absolute Gasteiger partial charge is 0.243 e. The highest BCUT2D eigenvalue weighted by molar-refractivity contribution is 5.90. The Bertz CT molecular complexity index is 4030. The third-order valence-electron chi connectivity index (χ3n) is 18.2. The molecule has 23 nitrogen and oxygen atoms in total. The van der Waals surface area contributed by atoms with E-state index in [1.807, 2.05) is 54.5 Å². The number of carbonyl (C=O) groups is 4. The SMILES string of the molecule is CCCN(CC(=O)N(CC(=O)NC)CC1=CN(CCCNC(=O)CCCOc2c(C(C)(C)C)cc(-c3nc4ccc(N5CCN(C)CC5)cc4[nH]3)cc2C(C)(C)C)NN1)C(=O)CCCOc1cccc(-c2nc3ccc(-c4nc5ccc(N6CCN(C)CC6)cc5[nH]4)cc3[nH]2)c1. The first-order valence-corrected chi connectivity index (χ1v) is 34.1. The molecule has 0 bridgehead atoms. The van der Waals surface area contributed by atoms with E-state index in [2.05, 4.69) is 166 Å². The topological polar surface area (TPSA) is 244 Å². The number of benzene rings is 5. The Morgan fingerprint density at radius 3 is 1.72 bits per heavy atom. The van der Waals surface area contributed by atoms with Gasteiger partial charge in [0.1, 0.15) is 29.0 Å². The predicted molar refractivity (Wildman–Crippen MR) is 381 cm³/mol. The fourth-order valence-electron chi connectivity index (χ4n) is 12.5. The second-order valence-electron chi connectivity index (χ2n) is 27.8. The fourth-order valence-corrected chi connectivity index (χ4v) is 12.5. The largest absolute Gasteiger partial charge is 0.494 e. The normalized spacial score (nSPS) is 14.9. The van der Waals surface area contributed by atoms with Gasteiger partial charge in [-0.05, 0) is 129 Å². The zero-order valence-corrected chi connectivity index (χ0v) is 57.7. The number of hydrogen-bond acceptors (Lipinski definition) is 16. The van der Waals surface area contributed by atoms with Gasteiger partial charge in [0, 0.05) is 137 Å². The number of imidazole rings is 3. The minimum Gasteiger partial charge on any atom is -0.494 e. The molecule has 3 aliphatic heterocycles. The number of nitrogens with one attached hydrogen (secondary N) is 7.